The molecule has 0 aliphatic carbocycles. The molecule has 2 amide bonds. The third-order valence-electron chi connectivity index (χ3n) is 6.14. The fraction of sp³-hybridized carbons (Fsp3) is 0.583. The maximum absolute atomic E-state index is 13.0. The molecule has 3 heterocycles. The second-order valence-corrected chi connectivity index (χ2v) is 9.80. The van der Waals surface area contributed by atoms with Crippen molar-refractivity contribution in [3.63, 3.8) is 0 Å². The molecule has 1 aromatic carbocycles. The molecule has 7 heteroatoms. The number of thioether (sulfide) groups is 1. The first-order valence-electron chi connectivity index (χ1n) is 11.4. The topological polar surface area (TPSA) is 54.8 Å². The predicted molar refractivity (Wildman–Crippen MR) is 124 cm³/mol. The normalized spacial score (nSPS) is 22.5. The molecule has 4 rings (SSSR count). The molecule has 0 spiro atoms. The lowest BCUT2D eigenvalue weighted by Gasteiger charge is -2.35. The van der Waals surface area contributed by atoms with E-state index in [1.54, 1.807) is 11.8 Å². The molecule has 168 valence electrons. The summed E-state index contributed by atoms with van der Waals surface area (Å²) in [5.74, 6) is 0.775. The number of hydrogen-bond donors (Lipinski definition) is 0. The van der Waals surface area contributed by atoms with Crippen LogP contribution in [0.4, 0.5) is 0 Å². The molecule has 2 atom stereocenters. The van der Waals surface area contributed by atoms with Gasteiger partial charge in [0, 0.05) is 48.2 Å². The Kier molecular flexibility index (Phi) is 7.23. The highest BCUT2D eigenvalue weighted by Gasteiger charge is 2.26. The van der Waals surface area contributed by atoms with E-state index < -0.39 is 0 Å². The summed E-state index contributed by atoms with van der Waals surface area (Å²) < 4.78 is 7.79. The van der Waals surface area contributed by atoms with Gasteiger partial charge in [0.05, 0.1) is 18.0 Å². The third kappa shape index (κ3) is 5.44. The number of para-hydroxylation sites is 1. The van der Waals surface area contributed by atoms with Gasteiger partial charge < -0.3 is 19.1 Å². The average Bonchev–Trinajstić information content (AvgIpc) is 2.91. The Balaban J connectivity index is 1.45. The third-order valence-corrected chi connectivity index (χ3v) is 7.17. The standard InChI is InChI=1S/C24H33N3O3S/c1-18-13-27(14-19(2)30-18)23(28)16-26-15-22(20-9-5-6-10-21(20)26)31-17-24(29)25-11-7-3-4-8-12-25/h5-6,9-10,15,18-19H,3-4,7-8,11-14,16-17H2,1-2H3/t18-,19-/m1/s1. The molecule has 2 aromatic rings. The molecule has 31 heavy (non-hydrogen) atoms. The highest BCUT2D eigenvalue weighted by Crippen LogP contribution is 2.30. The number of nitrogens with zero attached hydrogens (tertiary/aromatic N) is 3. The van der Waals surface area contributed by atoms with Crippen LogP contribution in [0.25, 0.3) is 10.9 Å². The SMILES string of the molecule is C[C@@H]1CN(C(=O)Cn2cc(SCC(=O)N3CCCCCC3)c3ccccc32)C[C@@H](C)O1. The van der Waals surface area contributed by atoms with Crippen molar-refractivity contribution in [3.05, 3.63) is 30.5 Å². The number of morpholine rings is 1. The molecular weight excluding hydrogens is 410 g/mol. The fourth-order valence-electron chi connectivity index (χ4n) is 4.64. The van der Waals surface area contributed by atoms with Gasteiger partial charge in [0.2, 0.25) is 11.8 Å². The number of fused-ring (bicyclic) bond motifs is 1. The molecule has 0 unspecified atom stereocenters. The molecule has 6 nitrogen and oxygen atoms in total. The number of aromatic nitrogens is 1. The predicted octanol–water partition coefficient (Wildman–Crippen LogP) is 3.77. The van der Waals surface area contributed by atoms with E-state index in [0.29, 0.717) is 25.4 Å². The first-order valence-corrected chi connectivity index (χ1v) is 12.4. The van der Waals surface area contributed by atoms with Gasteiger partial charge >= 0.3 is 0 Å². The van der Waals surface area contributed by atoms with Crippen molar-refractivity contribution in [2.45, 2.75) is 63.2 Å². The summed E-state index contributed by atoms with van der Waals surface area (Å²) in [6, 6.07) is 8.14. The van der Waals surface area contributed by atoms with Crippen LogP contribution in [0, 0.1) is 0 Å². The van der Waals surface area contributed by atoms with Gasteiger partial charge in [-0.25, -0.2) is 0 Å². The summed E-state index contributed by atoms with van der Waals surface area (Å²) in [6.45, 7) is 7.36. The summed E-state index contributed by atoms with van der Waals surface area (Å²) >= 11 is 1.59. The van der Waals surface area contributed by atoms with E-state index in [4.69, 9.17) is 4.74 Å². The number of carbonyl (C=O) groups is 2. The van der Waals surface area contributed by atoms with Gasteiger partial charge in [-0.05, 0) is 32.8 Å². The summed E-state index contributed by atoms with van der Waals surface area (Å²) in [4.78, 5) is 30.7. The summed E-state index contributed by atoms with van der Waals surface area (Å²) in [5, 5.41) is 1.10. The second-order valence-electron chi connectivity index (χ2n) is 8.78. The smallest absolute Gasteiger partial charge is 0.242 e. The molecule has 0 N–H and O–H groups in total. The minimum absolute atomic E-state index is 0.0604. The van der Waals surface area contributed by atoms with Crippen molar-refractivity contribution in [3.8, 4) is 0 Å². The highest BCUT2D eigenvalue weighted by atomic mass is 32.2. The Labute approximate surface area is 188 Å². The Morgan fingerprint density at radius 3 is 2.35 bits per heavy atom. The van der Waals surface area contributed by atoms with Gasteiger partial charge in [0.1, 0.15) is 6.54 Å². The number of benzene rings is 1. The lowest BCUT2D eigenvalue weighted by Crippen LogP contribution is -2.49. The number of carbonyl (C=O) groups excluding carboxylic acids is 2. The van der Waals surface area contributed by atoms with Crippen LogP contribution in [0.2, 0.25) is 0 Å². The Morgan fingerprint density at radius 1 is 0.968 bits per heavy atom. The van der Waals surface area contributed by atoms with Crippen molar-refractivity contribution in [2.75, 3.05) is 31.9 Å². The first kappa shape index (κ1) is 22.2. The Morgan fingerprint density at radius 2 is 1.65 bits per heavy atom. The molecular formula is C24H33N3O3S. The van der Waals surface area contributed by atoms with Crippen molar-refractivity contribution >= 4 is 34.5 Å². The van der Waals surface area contributed by atoms with Crippen LogP contribution < -0.4 is 0 Å². The van der Waals surface area contributed by atoms with Crippen molar-refractivity contribution in [1.82, 2.24) is 14.4 Å². The summed E-state index contributed by atoms with van der Waals surface area (Å²) in [6.07, 6.45) is 6.82. The lowest BCUT2D eigenvalue weighted by atomic mass is 10.2. The van der Waals surface area contributed by atoms with Gasteiger partial charge in [0.15, 0.2) is 0 Å². The molecule has 0 bridgehead atoms. The molecule has 2 fully saturated rings. The zero-order valence-electron chi connectivity index (χ0n) is 18.6. The van der Waals surface area contributed by atoms with Crippen molar-refractivity contribution < 1.29 is 14.3 Å². The number of amides is 2. The largest absolute Gasteiger partial charge is 0.372 e. The summed E-state index contributed by atoms with van der Waals surface area (Å²) in [7, 11) is 0. The van der Waals surface area contributed by atoms with Crippen LogP contribution in [-0.4, -0.2) is 70.3 Å². The number of likely N-dealkylation sites (tertiary alicyclic amines) is 1. The number of hydrogen-bond acceptors (Lipinski definition) is 4. The highest BCUT2D eigenvalue weighted by molar-refractivity contribution is 8.00. The van der Waals surface area contributed by atoms with Crippen LogP contribution in [0.15, 0.2) is 35.4 Å². The average molecular weight is 444 g/mol. The second kappa shape index (κ2) is 10.1. The van der Waals surface area contributed by atoms with Gasteiger partial charge in [0.25, 0.3) is 0 Å². The molecule has 2 aliphatic rings. The minimum atomic E-state index is 0.0604. The monoisotopic (exact) mass is 443 g/mol. The number of ether oxygens (including phenoxy) is 1. The quantitative estimate of drug-likeness (QED) is 0.660. The van der Waals surface area contributed by atoms with E-state index in [2.05, 4.69) is 6.07 Å². The molecule has 2 aliphatic heterocycles. The molecule has 0 saturated carbocycles. The van der Waals surface area contributed by atoms with Gasteiger partial charge in [-0.1, -0.05) is 31.0 Å². The molecule has 2 saturated heterocycles. The molecule has 1 aromatic heterocycles. The van der Waals surface area contributed by atoms with Crippen LogP contribution in [0.1, 0.15) is 39.5 Å². The van der Waals surface area contributed by atoms with Crippen LogP contribution in [-0.2, 0) is 20.9 Å². The van der Waals surface area contributed by atoms with Gasteiger partial charge in [-0.3, -0.25) is 9.59 Å². The fourth-order valence-corrected chi connectivity index (χ4v) is 5.63. The Bertz CT molecular complexity index is 910. The van der Waals surface area contributed by atoms with Gasteiger partial charge in [-0.15, -0.1) is 11.8 Å². The van der Waals surface area contributed by atoms with Crippen molar-refractivity contribution in [1.29, 1.82) is 0 Å². The van der Waals surface area contributed by atoms with E-state index in [-0.39, 0.29) is 24.0 Å². The zero-order chi connectivity index (χ0) is 21.8. The van der Waals surface area contributed by atoms with Crippen LogP contribution >= 0.6 is 11.8 Å². The maximum Gasteiger partial charge on any atom is 0.242 e. The van der Waals surface area contributed by atoms with Gasteiger partial charge in [-0.2, -0.15) is 0 Å². The van der Waals surface area contributed by atoms with E-state index in [1.165, 1.54) is 12.8 Å². The summed E-state index contributed by atoms with van der Waals surface area (Å²) in [5.41, 5.74) is 1.04. The first-order chi connectivity index (χ1) is 15.0. The van der Waals surface area contributed by atoms with E-state index >= 15 is 0 Å². The van der Waals surface area contributed by atoms with E-state index in [1.807, 2.05) is 52.6 Å². The van der Waals surface area contributed by atoms with E-state index in [0.717, 1.165) is 41.7 Å². The minimum Gasteiger partial charge on any atom is -0.372 e. The lowest BCUT2D eigenvalue weighted by molar-refractivity contribution is -0.143. The van der Waals surface area contributed by atoms with E-state index in [9.17, 15) is 9.59 Å². The van der Waals surface area contributed by atoms with Crippen LogP contribution in [0.5, 0.6) is 0 Å². The maximum atomic E-state index is 13.0. The van der Waals surface area contributed by atoms with Crippen molar-refractivity contribution in [2.24, 2.45) is 0 Å². The number of rotatable bonds is 5. The van der Waals surface area contributed by atoms with Crippen LogP contribution in [0.3, 0.4) is 0 Å². The molecule has 0 radical (unpaired) electrons. The Hall–Kier alpha value is -1.99. The zero-order valence-corrected chi connectivity index (χ0v) is 19.4.